The molecule has 0 aliphatic carbocycles. The highest BCUT2D eigenvalue weighted by molar-refractivity contribution is 7.47. The van der Waals surface area contributed by atoms with Gasteiger partial charge >= 0.3 is 13.8 Å². The van der Waals surface area contributed by atoms with Crippen molar-refractivity contribution in [3.63, 3.8) is 0 Å². The number of amides is 1. The Bertz CT molecular complexity index is 1290. The third-order valence-electron chi connectivity index (χ3n) is 11.2. The van der Waals surface area contributed by atoms with Gasteiger partial charge in [-0.2, -0.15) is 0 Å². The SMILES string of the molecule is CC/C=C/C/C=C/C/C=C/CCCCCCC(=O)NC(COP(=O)(O)OCC[N+](C)(C)C)C(/C=C/CCCCCCCCCCCCC)OC(=O)CCCCCCC/C=C\CCCC. The van der Waals surface area contributed by atoms with Crippen LogP contribution in [0.2, 0.25) is 0 Å². The number of rotatable bonds is 46. The molecule has 3 atom stereocenters. The van der Waals surface area contributed by atoms with Gasteiger partial charge in [-0.15, -0.1) is 0 Å². The summed E-state index contributed by atoms with van der Waals surface area (Å²) >= 11 is 0. The molecule has 0 heterocycles. The van der Waals surface area contributed by atoms with Gasteiger partial charge in [0.15, 0.2) is 0 Å². The van der Waals surface area contributed by atoms with Crippen molar-refractivity contribution in [3.05, 3.63) is 60.8 Å². The summed E-state index contributed by atoms with van der Waals surface area (Å²) < 4.78 is 30.5. The van der Waals surface area contributed by atoms with E-state index in [0.717, 1.165) is 116 Å². The first-order chi connectivity index (χ1) is 30.9. The normalized spacial score (nSPS) is 14.4. The average Bonchev–Trinajstić information content (AvgIpc) is 3.25. The van der Waals surface area contributed by atoms with Gasteiger partial charge in [0.1, 0.15) is 19.3 Å². The molecule has 2 N–H and O–H groups in total. The highest BCUT2D eigenvalue weighted by atomic mass is 31.2. The number of carbonyl (C=O) groups excluding carboxylic acids is 2. The molecular weight excluding hydrogens is 820 g/mol. The number of phosphoric ester groups is 1. The van der Waals surface area contributed by atoms with E-state index in [4.69, 9.17) is 13.8 Å². The van der Waals surface area contributed by atoms with Crippen molar-refractivity contribution in [1.82, 2.24) is 5.32 Å². The summed E-state index contributed by atoms with van der Waals surface area (Å²) in [6.07, 6.45) is 53.6. The molecule has 0 aromatic heterocycles. The van der Waals surface area contributed by atoms with Gasteiger partial charge < -0.3 is 19.4 Å². The summed E-state index contributed by atoms with van der Waals surface area (Å²) in [6, 6.07) is -0.861. The number of nitrogens with zero attached hydrogens (tertiary/aromatic N) is 1. The van der Waals surface area contributed by atoms with Crippen molar-refractivity contribution in [2.45, 2.75) is 232 Å². The number of allylic oxidation sites excluding steroid dienone is 9. The minimum absolute atomic E-state index is 0.0328. The number of nitrogens with one attached hydrogen (secondary N) is 1. The topological polar surface area (TPSA) is 111 Å². The number of likely N-dealkylation sites (N-methyl/N-ethyl adjacent to an activating group) is 1. The zero-order valence-corrected chi connectivity index (χ0v) is 43.2. The van der Waals surface area contributed by atoms with Crippen LogP contribution in [0.4, 0.5) is 0 Å². The minimum Gasteiger partial charge on any atom is -0.456 e. The van der Waals surface area contributed by atoms with E-state index in [1.165, 1.54) is 70.6 Å². The first-order valence-electron chi connectivity index (χ1n) is 26.1. The second-order valence-corrected chi connectivity index (χ2v) is 20.1. The van der Waals surface area contributed by atoms with Crippen LogP contribution in [0.25, 0.3) is 0 Å². The lowest BCUT2D eigenvalue weighted by atomic mass is 10.0. The lowest BCUT2D eigenvalue weighted by Crippen LogP contribution is -2.47. The van der Waals surface area contributed by atoms with Gasteiger partial charge in [0, 0.05) is 12.8 Å². The van der Waals surface area contributed by atoms with E-state index >= 15 is 0 Å². The van der Waals surface area contributed by atoms with Crippen molar-refractivity contribution >= 4 is 19.7 Å². The fraction of sp³-hybridized carbons (Fsp3) is 0.778. The lowest BCUT2D eigenvalue weighted by Gasteiger charge is -2.27. The summed E-state index contributed by atoms with van der Waals surface area (Å²) in [5.41, 5.74) is 0. The summed E-state index contributed by atoms with van der Waals surface area (Å²) in [6.45, 7) is 6.82. The zero-order valence-electron chi connectivity index (χ0n) is 42.3. The van der Waals surface area contributed by atoms with Crippen molar-refractivity contribution < 1.29 is 37.3 Å². The number of hydrogen-bond donors (Lipinski definition) is 2. The molecule has 0 aromatic carbocycles. The number of hydrogen-bond acceptors (Lipinski definition) is 6. The highest BCUT2D eigenvalue weighted by Gasteiger charge is 2.30. The predicted molar refractivity (Wildman–Crippen MR) is 272 cm³/mol. The van der Waals surface area contributed by atoms with E-state index in [1.807, 2.05) is 33.3 Å². The lowest BCUT2D eigenvalue weighted by molar-refractivity contribution is -0.870. The predicted octanol–water partition coefficient (Wildman–Crippen LogP) is 15.2. The summed E-state index contributed by atoms with van der Waals surface area (Å²) in [5, 5.41) is 3.02. The Morgan fingerprint density at radius 2 is 1.02 bits per heavy atom. The van der Waals surface area contributed by atoms with E-state index in [-0.39, 0.29) is 31.5 Å². The van der Waals surface area contributed by atoms with Gasteiger partial charge in [-0.25, -0.2) is 4.57 Å². The molecule has 0 bridgehead atoms. The van der Waals surface area contributed by atoms with E-state index in [9.17, 15) is 19.0 Å². The molecule has 0 saturated carbocycles. The van der Waals surface area contributed by atoms with Crippen LogP contribution in [0.15, 0.2) is 60.8 Å². The number of quaternary nitrogens is 1. The average molecular weight is 920 g/mol. The Kier molecular flexibility index (Phi) is 42.9. The summed E-state index contributed by atoms with van der Waals surface area (Å²) in [4.78, 5) is 37.4. The molecular formula is C54H100N2O7P+. The van der Waals surface area contributed by atoms with Crippen LogP contribution in [0, 0.1) is 0 Å². The molecule has 0 aliphatic rings. The van der Waals surface area contributed by atoms with Crippen LogP contribution in [-0.4, -0.2) is 74.3 Å². The molecule has 1 amide bonds. The number of ether oxygens (including phenoxy) is 1. The molecule has 0 spiro atoms. The van der Waals surface area contributed by atoms with E-state index in [1.54, 1.807) is 0 Å². The molecule has 64 heavy (non-hydrogen) atoms. The van der Waals surface area contributed by atoms with Gasteiger partial charge in [0.25, 0.3) is 0 Å². The van der Waals surface area contributed by atoms with Gasteiger partial charge in [-0.05, 0) is 83.1 Å². The Balaban J connectivity index is 5.49. The van der Waals surface area contributed by atoms with Crippen LogP contribution >= 0.6 is 7.82 Å². The molecule has 0 rings (SSSR count). The maximum Gasteiger partial charge on any atom is 0.472 e. The fourth-order valence-corrected chi connectivity index (χ4v) is 7.85. The van der Waals surface area contributed by atoms with Crippen molar-refractivity contribution in [1.29, 1.82) is 0 Å². The molecule has 0 fully saturated rings. The van der Waals surface area contributed by atoms with Gasteiger partial charge in [0.2, 0.25) is 5.91 Å². The molecule has 3 unspecified atom stereocenters. The molecule has 0 aromatic rings. The van der Waals surface area contributed by atoms with E-state index in [2.05, 4.69) is 74.7 Å². The number of carbonyl (C=O) groups is 2. The fourth-order valence-electron chi connectivity index (χ4n) is 7.11. The van der Waals surface area contributed by atoms with Gasteiger partial charge in [-0.1, -0.05) is 185 Å². The quantitative estimate of drug-likeness (QED) is 0.0206. The van der Waals surface area contributed by atoms with Crippen LogP contribution in [0.5, 0.6) is 0 Å². The maximum atomic E-state index is 13.4. The van der Waals surface area contributed by atoms with Crippen LogP contribution in [0.3, 0.4) is 0 Å². The first-order valence-corrected chi connectivity index (χ1v) is 27.6. The molecule has 9 nitrogen and oxygen atoms in total. The molecule has 0 aliphatic heterocycles. The smallest absolute Gasteiger partial charge is 0.456 e. The maximum absolute atomic E-state index is 13.4. The number of esters is 1. The third kappa shape index (κ3) is 44.9. The Morgan fingerprint density at radius 1 is 0.562 bits per heavy atom. The molecule has 0 saturated heterocycles. The largest absolute Gasteiger partial charge is 0.472 e. The third-order valence-corrected chi connectivity index (χ3v) is 12.2. The van der Waals surface area contributed by atoms with Crippen molar-refractivity contribution in [2.75, 3.05) is 40.9 Å². The summed E-state index contributed by atoms with van der Waals surface area (Å²) in [5.74, 6) is -0.546. The first kappa shape index (κ1) is 61.7. The van der Waals surface area contributed by atoms with Crippen LogP contribution < -0.4 is 5.32 Å². The van der Waals surface area contributed by atoms with Gasteiger partial charge in [-0.3, -0.25) is 18.6 Å². The van der Waals surface area contributed by atoms with Crippen LogP contribution in [0.1, 0.15) is 220 Å². The van der Waals surface area contributed by atoms with Crippen molar-refractivity contribution in [3.8, 4) is 0 Å². The number of unbranched alkanes of at least 4 members (excludes halogenated alkanes) is 22. The zero-order chi connectivity index (χ0) is 47.3. The standard InChI is InChI=1S/C54H99N2O7P/c1-7-10-13-16-19-22-25-27-29-32-34-37-40-43-46-53(57)55-51(50-62-64(59,60)61-49-48-56(4,5)6)52(45-42-39-36-33-31-28-26-23-20-17-14-11-8-2)63-54(58)47-44-41-38-35-30-24-21-18-15-12-9-3/h10,13,18-19,21-22,27,29,42,45,51-52H,7-9,11-12,14-17,20,23-26,28,30-41,43-44,46-50H2,1-6H3,(H-,55,57,59,60)/p+1/b13-10+,21-18-,22-19+,29-27+,45-42+. The molecule has 0 radical (unpaired) electrons. The second kappa shape index (κ2) is 44.5. The second-order valence-electron chi connectivity index (χ2n) is 18.7. The Hall–Kier alpha value is -2.29. The van der Waals surface area contributed by atoms with Crippen LogP contribution in [-0.2, 0) is 27.9 Å². The minimum atomic E-state index is -4.45. The van der Waals surface area contributed by atoms with Gasteiger partial charge in [0.05, 0.1) is 33.8 Å². The van der Waals surface area contributed by atoms with Crippen molar-refractivity contribution in [2.24, 2.45) is 0 Å². The Morgan fingerprint density at radius 3 is 1.56 bits per heavy atom. The Labute approximate surface area is 394 Å². The number of phosphoric acid groups is 1. The van der Waals surface area contributed by atoms with E-state index in [0.29, 0.717) is 17.4 Å². The molecule has 10 heteroatoms. The van der Waals surface area contributed by atoms with E-state index < -0.39 is 20.0 Å². The highest BCUT2D eigenvalue weighted by Crippen LogP contribution is 2.43. The summed E-state index contributed by atoms with van der Waals surface area (Å²) in [7, 11) is 1.47. The monoisotopic (exact) mass is 920 g/mol. The molecule has 372 valence electrons.